The lowest BCUT2D eigenvalue weighted by molar-refractivity contribution is -0.115. The van der Waals surface area contributed by atoms with Crippen LogP contribution in [0.1, 0.15) is 16.8 Å². The molecule has 2 aromatic carbocycles. The Morgan fingerprint density at radius 1 is 0.909 bits per heavy atom. The number of nitrogens with one attached hydrogen (secondary N) is 3. The van der Waals surface area contributed by atoms with Gasteiger partial charge in [0.2, 0.25) is 5.91 Å². The number of thiophene rings is 1. The van der Waals surface area contributed by atoms with E-state index in [1.54, 1.807) is 53.8 Å². The first-order chi connectivity index (χ1) is 15.6. The molecule has 1 heterocycles. The van der Waals surface area contributed by atoms with Crippen LogP contribution in [-0.2, 0) is 4.79 Å². The van der Waals surface area contributed by atoms with Gasteiger partial charge in [-0.1, -0.05) is 31.8 Å². The largest absolute Gasteiger partial charge is 0.465 e. The third-order valence-electron chi connectivity index (χ3n) is 4.85. The molecule has 0 spiro atoms. The van der Waals surface area contributed by atoms with Crippen LogP contribution in [0.5, 0.6) is 0 Å². The number of hydrogen-bond donors (Lipinski definition) is 4. The Balaban J connectivity index is 1.72. The van der Waals surface area contributed by atoms with Crippen molar-refractivity contribution < 1.29 is 19.5 Å². The van der Waals surface area contributed by atoms with Crippen LogP contribution in [0.15, 0.2) is 60.0 Å². The topological polar surface area (TPSA) is 108 Å². The zero-order valence-electron chi connectivity index (χ0n) is 18.8. The summed E-state index contributed by atoms with van der Waals surface area (Å²) in [6.45, 7) is 6.67. The van der Waals surface area contributed by atoms with E-state index in [9.17, 15) is 14.4 Å². The maximum absolute atomic E-state index is 12.8. The summed E-state index contributed by atoms with van der Waals surface area (Å²) < 4.78 is 0. The summed E-state index contributed by atoms with van der Waals surface area (Å²) in [5, 5.41) is 19.0. The van der Waals surface area contributed by atoms with Crippen LogP contribution >= 0.6 is 11.3 Å². The molecule has 1 aromatic heterocycles. The molecule has 0 unspecified atom stereocenters. The number of benzene rings is 2. The van der Waals surface area contributed by atoms with E-state index in [1.165, 1.54) is 0 Å². The number of carboxylic acid groups (broad SMARTS) is 1. The van der Waals surface area contributed by atoms with Crippen LogP contribution < -0.4 is 16.0 Å². The average Bonchev–Trinajstić information content (AvgIpc) is 3.28. The molecule has 0 aliphatic rings. The Morgan fingerprint density at radius 2 is 1.64 bits per heavy atom. The molecular formula is C24H27N3O4SSi. The molecule has 9 heteroatoms. The third kappa shape index (κ3) is 7.30. The Labute approximate surface area is 197 Å². The van der Waals surface area contributed by atoms with Crippen molar-refractivity contribution in [1.29, 1.82) is 0 Å². The van der Waals surface area contributed by atoms with Crippen molar-refractivity contribution >= 4 is 54.4 Å². The summed E-state index contributed by atoms with van der Waals surface area (Å²) in [7, 11) is -1.29. The molecule has 0 atom stereocenters. The van der Waals surface area contributed by atoms with Gasteiger partial charge in [0.25, 0.3) is 5.91 Å². The van der Waals surface area contributed by atoms with Crippen LogP contribution in [0.2, 0.25) is 25.7 Å². The first-order valence-corrected chi connectivity index (χ1v) is 15.1. The minimum atomic E-state index is -1.29. The van der Waals surface area contributed by atoms with Gasteiger partial charge in [-0.2, -0.15) is 0 Å². The van der Waals surface area contributed by atoms with E-state index < -0.39 is 14.2 Å². The molecule has 0 bridgehead atoms. The predicted octanol–water partition coefficient (Wildman–Crippen LogP) is 6.42. The highest BCUT2D eigenvalue weighted by molar-refractivity contribution is 7.13. The van der Waals surface area contributed by atoms with Gasteiger partial charge < -0.3 is 15.7 Å². The summed E-state index contributed by atoms with van der Waals surface area (Å²) in [6.07, 6.45) is -0.735. The first kappa shape index (κ1) is 24.2. The quantitative estimate of drug-likeness (QED) is 0.278. The Hall–Kier alpha value is -3.43. The number of rotatable bonds is 8. The van der Waals surface area contributed by atoms with Crippen molar-refractivity contribution in [3.63, 3.8) is 0 Å². The van der Waals surface area contributed by atoms with Crippen LogP contribution in [0.4, 0.5) is 21.9 Å². The van der Waals surface area contributed by atoms with Crippen molar-refractivity contribution in [1.82, 2.24) is 0 Å². The van der Waals surface area contributed by atoms with E-state index in [0.717, 1.165) is 16.5 Å². The molecule has 0 saturated heterocycles. The molecule has 3 aromatic rings. The van der Waals surface area contributed by atoms with Gasteiger partial charge in [0.1, 0.15) is 0 Å². The fraction of sp³-hybridized carbons (Fsp3) is 0.208. The normalized spacial score (nSPS) is 11.0. The zero-order valence-corrected chi connectivity index (χ0v) is 20.6. The Bertz CT molecular complexity index is 1140. The fourth-order valence-corrected chi connectivity index (χ4v) is 4.78. The van der Waals surface area contributed by atoms with Crippen LogP contribution in [0.25, 0.3) is 10.4 Å². The molecule has 3 rings (SSSR count). The number of carbonyl (C=O) groups excluding carboxylic acids is 2. The van der Waals surface area contributed by atoms with E-state index in [4.69, 9.17) is 5.11 Å². The lowest BCUT2D eigenvalue weighted by Gasteiger charge is -2.15. The van der Waals surface area contributed by atoms with E-state index in [0.29, 0.717) is 23.4 Å². The molecular weight excluding hydrogens is 454 g/mol. The summed E-state index contributed by atoms with van der Waals surface area (Å²) >= 11 is 1.55. The molecule has 0 aliphatic heterocycles. The number of hydrogen-bond acceptors (Lipinski definition) is 4. The van der Waals surface area contributed by atoms with Crippen molar-refractivity contribution in [3.05, 3.63) is 65.5 Å². The Kier molecular flexibility index (Phi) is 7.67. The van der Waals surface area contributed by atoms with Crippen LogP contribution in [-0.4, -0.2) is 31.1 Å². The molecule has 7 nitrogen and oxygen atoms in total. The molecule has 3 amide bonds. The van der Waals surface area contributed by atoms with Crippen molar-refractivity contribution in [2.45, 2.75) is 32.1 Å². The minimum Gasteiger partial charge on any atom is -0.465 e. The summed E-state index contributed by atoms with van der Waals surface area (Å²) in [4.78, 5) is 37.1. The second-order valence-corrected chi connectivity index (χ2v) is 15.4. The van der Waals surface area contributed by atoms with Crippen molar-refractivity contribution in [3.8, 4) is 10.4 Å². The first-order valence-electron chi connectivity index (χ1n) is 10.5. The zero-order chi connectivity index (χ0) is 24.0. The van der Waals surface area contributed by atoms with Crippen molar-refractivity contribution in [2.75, 3.05) is 16.0 Å². The van der Waals surface area contributed by atoms with Gasteiger partial charge in [-0.25, -0.2) is 4.79 Å². The van der Waals surface area contributed by atoms with E-state index in [-0.39, 0.29) is 17.5 Å². The highest BCUT2D eigenvalue weighted by atomic mass is 32.1. The fourth-order valence-electron chi connectivity index (χ4n) is 3.08. The second-order valence-electron chi connectivity index (χ2n) is 8.81. The van der Waals surface area contributed by atoms with E-state index in [2.05, 4.69) is 35.6 Å². The van der Waals surface area contributed by atoms with Crippen LogP contribution in [0, 0.1) is 0 Å². The highest BCUT2D eigenvalue weighted by Gasteiger charge is 2.16. The average molecular weight is 482 g/mol. The predicted molar refractivity (Wildman–Crippen MR) is 137 cm³/mol. The molecule has 0 saturated carbocycles. The van der Waals surface area contributed by atoms with Gasteiger partial charge in [-0.15, -0.1) is 11.3 Å². The molecule has 33 heavy (non-hydrogen) atoms. The summed E-state index contributed by atoms with van der Waals surface area (Å²) in [5.74, 6) is -0.423. The molecule has 172 valence electrons. The smallest absolute Gasteiger partial charge is 0.409 e. The van der Waals surface area contributed by atoms with Crippen LogP contribution in [0.3, 0.4) is 0 Å². The lowest BCUT2D eigenvalue weighted by Crippen LogP contribution is -2.22. The van der Waals surface area contributed by atoms with Gasteiger partial charge in [0.15, 0.2) is 0 Å². The van der Waals surface area contributed by atoms with E-state index >= 15 is 0 Å². The molecule has 0 fully saturated rings. The molecule has 4 N–H and O–H groups in total. The SMILES string of the molecule is C[Si](C)(C)CCC(=O)Nc1ccc(C(=O)Nc2cc(-c3cccs3)ccc2NC(=O)O)cc1. The number of carbonyl (C=O) groups is 3. The minimum absolute atomic E-state index is 0.0376. The van der Waals surface area contributed by atoms with Gasteiger partial charge in [-0.3, -0.25) is 14.9 Å². The Morgan fingerprint density at radius 3 is 2.24 bits per heavy atom. The second kappa shape index (κ2) is 10.5. The molecule has 0 radical (unpaired) electrons. The number of anilines is 3. The standard InChI is InChI=1S/C24H27N3O4SSi/c1-33(2,3)14-12-22(28)25-18-9-6-16(7-10-18)23(29)26-20-15-17(21-5-4-13-32-21)8-11-19(20)27-24(30)31/h4-11,13,15,27H,12,14H2,1-3H3,(H,25,28)(H,26,29)(H,30,31). The monoisotopic (exact) mass is 481 g/mol. The summed E-state index contributed by atoms with van der Waals surface area (Å²) in [5.41, 5.74) is 2.52. The highest BCUT2D eigenvalue weighted by Crippen LogP contribution is 2.32. The third-order valence-corrected chi connectivity index (χ3v) is 7.52. The van der Waals surface area contributed by atoms with Gasteiger partial charge >= 0.3 is 6.09 Å². The lowest BCUT2D eigenvalue weighted by atomic mass is 10.1. The van der Waals surface area contributed by atoms with E-state index in [1.807, 2.05) is 17.5 Å². The number of amides is 3. The van der Waals surface area contributed by atoms with Gasteiger partial charge in [-0.05, 0) is 59.5 Å². The van der Waals surface area contributed by atoms with Crippen molar-refractivity contribution in [2.24, 2.45) is 0 Å². The van der Waals surface area contributed by atoms with Gasteiger partial charge in [0.05, 0.1) is 11.4 Å². The maximum atomic E-state index is 12.8. The summed E-state index contributed by atoms with van der Waals surface area (Å²) in [6, 6.07) is 16.6. The van der Waals surface area contributed by atoms with Gasteiger partial charge in [0, 0.05) is 30.6 Å². The molecule has 0 aliphatic carbocycles. The maximum Gasteiger partial charge on any atom is 0.409 e.